The minimum Gasteiger partial charge on any atom is -0.334 e. The highest BCUT2D eigenvalue weighted by atomic mass is 32.1. The normalized spacial score (nSPS) is 11.8. The van der Waals surface area contributed by atoms with Crippen LogP contribution in [-0.4, -0.2) is 28.7 Å². The lowest BCUT2D eigenvalue weighted by molar-refractivity contribution is -0.114. The van der Waals surface area contributed by atoms with Gasteiger partial charge in [0.15, 0.2) is 5.13 Å². The Bertz CT molecular complexity index is 684. The lowest BCUT2D eigenvalue weighted by Crippen LogP contribution is -2.30. The Morgan fingerprint density at radius 1 is 1.32 bits per heavy atom. The van der Waals surface area contributed by atoms with E-state index in [2.05, 4.69) is 10.3 Å². The summed E-state index contributed by atoms with van der Waals surface area (Å²) in [5.74, 6) is -0.810. The van der Waals surface area contributed by atoms with Crippen LogP contribution in [0.5, 0.6) is 0 Å². The maximum atomic E-state index is 13.0. The van der Waals surface area contributed by atoms with Crippen molar-refractivity contribution < 1.29 is 14.0 Å². The molecule has 0 unspecified atom stereocenters. The fraction of sp³-hybridized carbons (Fsp3) is 0.267. The number of benzene rings is 1. The van der Waals surface area contributed by atoms with Crippen LogP contribution >= 0.6 is 11.3 Å². The number of thiazole rings is 1. The van der Waals surface area contributed by atoms with Crippen LogP contribution in [0.3, 0.4) is 0 Å². The summed E-state index contributed by atoms with van der Waals surface area (Å²) in [5, 5.41) is 4.53. The number of aromatic nitrogens is 1. The van der Waals surface area contributed by atoms with Gasteiger partial charge in [0.05, 0.1) is 6.04 Å². The zero-order valence-electron chi connectivity index (χ0n) is 12.5. The van der Waals surface area contributed by atoms with Crippen molar-refractivity contribution >= 4 is 28.3 Å². The second kappa shape index (κ2) is 6.65. The molecule has 2 rings (SSSR count). The molecule has 1 N–H and O–H groups in total. The second-order valence-electron chi connectivity index (χ2n) is 4.86. The predicted molar refractivity (Wildman–Crippen MR) is 83.3 cm³/mol. The molecule has 1 aromatic carbocycles. The Hall–Kier alpha value is -2.28. The van der Waals surface area contributed by atoms with Crippen molar-refractivity contribution in [1.82, 2.24) is 9.88 Å². The molecule has 0 bridgehead atoms. The summed E-state index contributed by atoms with van der Waals surface area (Å²) in [7, 11) is 1.66. The van der Waals surface area contributed by atoms with E-state index in [0.29, 0.717) is 5.13 Å². The molecule has 2 amide bonds. The molecule has 5 nitrogen and oxygen atoms in total. The van der Waals surface area contributed by atoms with Crippen molar-refractivity contribution in [2.75, 3.05) is 12.4 Å². The fourth-order valence-electron chi connectivity index (χ4n) is 1.90. The third-order valence-corrected chi connectivity index (χ3v) is 4.02. The van der Waals surface area contributed by atoms with E-state index >= 15 is 0 Å². The van der Waals surface area contributed by atoms with Gasteiger partial charge in [0.25, 0.3) is 5.91 Å². The standard InChI is InChI=1S/C15H16FN3O2S/c1-9(11-4-6-12(16)7-5-11)19(3)14(21)13-8-22-15(18-13)17-10(2)20/h4-9H,1-3H3,(H,17,18,20)/t9-/m1/s1. The molecule has 0 aliphatic heterocycles. The number of halogens is 1. The molecule has 0 saturated heterocycles. The second-order valence-corrected chi connectivity index (χ2v) is 5.72. The molecular weight excluding hydrogens is 305 g/mol. The topological polar surface area (TPSA) is 62.3 Å². The van der Waals surface area contributed by atoms with Crippen LogP contribution in [-0.2, 0) is 4.79 Å². The average molecular weight is 321 g/mol. The fourth-order valence-corrected chi connectivity index (χ4v) is 2.63. The Balaban J connectivity index is 2.12. The summed E-state index contributed by atoms with van der Waals surface area (Å²) in [5.41, 5.74) is 1.10. The quantitative estimate of drug-likeness (QED) is 0.941. The molecule has 2 aromatic rings. The van der Waals surface area contributed by atoms with Crippen LogP contribution in [0, 0.1) is 5.82 Å². The molecular formula is C15H16FN3O2S. The highest BCUT2D eigenvalue weighted by Crippen LogP contribution is 2.23. The van der Waals surface area contributed by atoms with Crippen LogP contribution in [0.2, 0.25) is 0 Å². The molecule has 22 heavy (non-hydrogen) atoms. The van der Waals surface area contributed by atoms with E-state index in [-0.39, 0.29) is 29.4 Å². The van der Waals surface area contributed by atoms with Gasteiger partial charge in [-0.1, -0.05) is 12.1 Å². The van der Waals surface area contributed by atoms with Gasteiger partial charge >= 0.3 is 0 Å². The number of carbonyl (C=O) groups excluding carboxylic acids is 2. The van der Waals surface area contributed by atoms with Crippen LogP contribution in [0.15, 0.2) is 29.6 Å². The third kappa shape index (κ3) is 3.67. The van der Waals surface area contributed by atoms with E-state index in [9.17, 15) is 14.0 Å². The van der Waals surface area contributed by atoms with Gasteiger partial charge in [0.2, 0.25) is 5.91 Å². The summed E-state index contributed by atoms with van der Waals surface area (Å²) >= 11 is 1.19. The highest BCUT2D eigenvalue weighted by Gasteiger charge is 2.21. The number of amides is 2. The molecule has 1 atom stereocenters. The molecule has 116 valence electrons. The molecule has 7 heteroatoms. The van der Waals surface area contributed by atoms with Crippen molar-refractivity contribution in [1.29, 1.82) is 0 Å². The van der Waals surface area contributed by atoms with Crippen molar-refractivity contribution in [3.63, 3.8) is 0 Å². The van der Waals surface area contributed by atoms with Gasteiger partial charge < -0.3 is 10.2 Å². The number of carbonyl (C=O) groups is 2. The number of nitrogens with one attached hydrogen (secondary N) is 1. The van der Waals surface area contributed by atoms with Gasteiger partial charge in [-0.25, -0.2) is 9.37 Å². The SMILES string of the molecule is CC(=O)Nc1nc(C(=O)N(C)[C@H](C)c2ccc(F)cc2)cs1. The molecule has 0 aliphatic rings. The zero-order chi connectivity index (χ0) is 16.3. The first kappa shape index (κ1) is 16.1. The average Bonchev–Trinajstić information content (AvgIpc) is 2.93. The highest BCUT2D eigenvalue weighted by molar-refractivity contribution is 7.14. The maximum absolute atomic E-state index is 13.0. The number of hydrogen-bond donors (Lipinski definition) is 1. The zero-order valence-corrected chi connectivity index (χ0v) is 13.3. The molecule has 0 fully saturated rings. The van der Waals surface area contributed by atoms with Crippen molar-refractivity contribution in [2.24, 2.45) is 0 Å². The first-order valence-corrected chi connectivity index (χ1v) is 7.52. The van der Waals surface area contributed by atoms with Gasteiger partial charge in [-0.15, -0.1) is 11.3 Å². The third-order valence-electron chi connectivity index (χ3n) is 3.26. The maximum Gasteiger partial charge on any atom is 0.273 e. The first-order chi connectivity index (χ1) is 10.4. The minimum atomic E-state index is -0.315. The summed E-state index contributed by atoms with van der Waals surface area (Å²) < 4.78 is 13.0. The lowest BCUT2D eigenvalue weighted by Gasteiger charge is -2.24. The van der Waals surface area contributed by atoms with Crippen molar-refractivity contribution in [3.05, 3.63) is 46.7 Å². The monoisotopic (exact) mass is 321 g/mol. The van der Waals surface area contributed by atoms with E-state index < -0.39 is 0 Å². The molecule has 1 heterocycles. The molecule has 0 spiro atoms. The predicted octanol–water partition coefficient (Wildman–Crippen LogP) is 3.07. The number of hydrogen-bond acceptors (Lipinski definition) is 4. The number of nitrogens with zero attached hydrogens (tertiary/aromatic N) is 2. The summed E-state index contributed by atoms with van der Waals surface area (Å²) in [6.45, 7) is 3.23. The van der Waals surface area contributed by atoms with Crippen molar-refractivity contribution in [3.8, 4) is 0 Å². The van der Waals surface area contributed by atoms with Crippen molar-refractivity contribution in [2.45, 2.75) is 19.9 Å². The smallest absolute Gasteiger partial charge is 0.273 e. The Morgan fingerprint density at radius 3 is 2.55 bits per heavy atom. The molecule has 1 aromatic heterocycles. The molecule has 0 radical (unpaired) electrons. The molecule has 0 aliphatic carbocycles. The number of anilines is 1. The summed E-state index contributed by atoms with van der Waals surface area (Å²) in [6, 6.07) is 5.80. The van der Waals surface area contributed by atoms with Gasteiger partial charge in [-0.3, -0.25) is 9.59 Å². The van der Waals surface area contributed by atoms with Crippen LogP contribution in [0.1, 0.15) is 35.9 Å². The Kier molecular flexibility index (Phi) is 4.87. The summed E-state index contributed by atoms with van der Waals surface area (Å²) in [6.07, 6.45) is 0. The van der Waals surface area contributed by atoms with Gasteiger partial charge in [0, 0.05) is 19.4 Å². The van der Waals surface area contributed by atoms with E-state index in [1.165, 1.54) is 35.3 Å². The Morgan fingerprint density at radius 2 is 1.95 bits per heavy atom. The largest absolute Gasteiger partial charge is 0.334 e. The van der Waals surface area contributed by atoms with E-state index in [1.54, 1.807) is 24.6 Å². The lowest BCUT2D eigenvalue weighted by atomic mass is 10.1. The Labute approximate surface area is 131 Å². The van der Waals surface area contributed by atoms with Gasteiger partial charge in [-0.2, -0.15) is 0 Å². The number of rotatable bonds is 4. The van der Waals surface area contributed by atoms with E-state index in [1.807, 2.05) is 6.92 Å². The first-order valence-electron chi connectivity index (χ1n) is 6.64. The van der Waals surface area contributed by atoms with E-state index in [4.69, 9.17) is 0 Å². The van der Waals surface area contributed by atoms with Crippen LogP contribution in [0.4, 0.5) is 9.52 Å². The van der Waals surface area contributed by atoms with Crippen LogP contribution in [0.25, 0.3) is 0 Å². The minimum absolute atomic E-state index is 0.223. The molecule has 0 saturated carbocycles. The van der Waals surface area contributed by atoms with Crippen LogP contribution < -0.4 is 5.32 Å². The van der Waals surface area contributed by atoms with Gasteiger partial charge in [-0.05, 0) is 24.6 Å². The summed E-state index contributed by atoms with van der Waals surface area (Å²) in [4.78, 5) is 29.0. The van der Waals surface area contributed by atoms with E-state index in [0.717, 1.165) is 5.56 Å². The van der Waals surface area contributed by atoms with Gasteiger partial charge in [0.1, 0.15) is 11.5 Å².